The van der Waals surface area contributed by atoms with Gasteiger partial charge in [-0.2, -0.15) is 13.2 Å². The molecule has 0 aromatic heterocycles. The van der Waals surface area contributed by atoms with Crippen molar-refractivity contribution in [2.75, 3.05) is 17.7 Å². The van der Waals surface area contributed by atoms with Gasteiger partial charge in [-0.3, -0.25) is 0 Å². The number of hydrogen-bond acceptors (Lipinski definition) is 2. The van der Waals surface area contributed by atoms with Crippen LogP contribution in [-0.2, 0) is 6.18 Å². The Kier molecular flexibility index (Phi) is 3.61. The zero-order chi connectivity index (χ0) is 14.9. The number of alkyl halides is 3. The third kappa shape index (κ3) is 2.71. The van der Waals surface area contributed by atoms with E-state index in [1.807, 2.05) is 19.1 Å². The fourth-order valence-corrected chi connectivity index (χ4v) is 2.14. The van der Waals surface area contributed by atoms with Crippen molar-refractivity contribution < 1.29 is 13.2 Å². The Hall–Kier alpha value is -2.17. The van der Waals surface area contributed by atoms with E-state index in [9.17, 15) is 13.2 Å². The fourth-order valence-electron chi connectivity index (χ4n) is 2.14. The summed E-state index contributed by atoms with van der Waals surface area (Å²) in [6, 6.07) is 11.1. The monoisotopic (exact) mass is 280 g/mol. The first-order chi connectivity index (χ1) is 9.30. The number of anilines is 3. The largest absolute Gasteiger partial charge is 0.418 e. The number of nitrogen functional groups attached to an aromatic ring is 1. The first kappa shape index (κ1) is 14.2. The highest BCUT2D eigenvalue weighted by Gasteiger charge is 2.35. The SMILES string of the molecule is Cc1ccccc1N(C)c1ccc(N)cc1C(F)(F)F. The molecule has 0 saturated carbocycles. The maximum absolute atomic E-state index is 13.1. The van der Waals surface area contributed by atoms with Crippen LogP contribution in [0.5, 0.6) is 0 Å². The number of para-hydroxylation sites is 1. The van der Waals surface area contributed by atoms with Crippen LogP contribution in [-0.4, -0.2) is 7.05 Å². The smallest absolute Gasteiger partial charge is 0.399 e. The minimum Gasteiger partial charge on any atom is -0.399 e. The third-order valence-electron chi connectivity index (χ3n) is 3.16. The highest BCUT2D eigenvalue weighted by atomic mass is 19.4. The average molecular weight is 280 g/mol. The first-order valence-corrected chi connectivity index (χ1v) is 6.07. The van der Waals surface area contributed by atoms with Gasteiger partial charge in [0.15, 0.2) is 0 Å². The summed E-state index contributed by atoms with van der Waals surface area (Å²) in [7, 11) is 1.61. The van der Waals surface area contributed by atoms with Crippen molar-refractivity contribution in [1.29, 1.82) is 0 Å². The van der Waals surface area contributed by atoms with E-state index in [1.165, 1.54) is 17.0 Å². The summed E-state index contributed by atoms with van der Waals surface area (Å²) in [6.45, 7) is 1.86. The van der Waals surface area contributed by atoms with Gasteiger partial charge in [-0.25, -0.2) is 0 Å². The molecule has 0 heterocycles. The Bertz CT molecular complexity index is 621. The Morgan fingerprint density at radius 2 is 1.65 bits per heavy atom. The predicted molar refractivity (Wildman–Crippen MR) is 75.1 cm³/mol. The summed E-state index contributed by atoms with van der Waals surface area (Å²) in [5.41, 5.74) is 6.55. The van der Waals surface area contributed by atoms with Gasteiger partial charge < -0.3 is 10.6 Å². The van der Waals surface area contributed by atoms with Crippen LogP contribution in [0.3, 0.4) is 0 Å². The zero-order valence-corrected chi connectivity index (χ0v) is 11.2. The van der Waals surface area contributed by atoms with E-state index in [-0.39, 0.29) is 11.4 Å². The topological polar surface area (TPSA) is 29.3 Å². The number of nitrogens with zero attached hydrogens (tertiary/aromatic N) is 1. The normalized spacial score (nSPS) is 11.4. The molecule has 0 aliphatic carbocycles. The van der Waals surface area contributed by atoms with Crippen LogP contribution in [0, 0.1) is 6.92 Å². The summed E-state index contributed by atoms with van der Waals surface area (Å²) in [4.78, 5) is 1.53. The second-order valence-corrected chi connectivity index (χ2v) is 4.62. The van der Waals surface area contributed by atoms with Gasteiger partial charge in [-0.05, 0) is 36.8 Å². The molecule has 20 heavy (non-hydrogen) atoms. The average Bonchev–Trinajstić information content (AvgIpc) is 2.37. The molecule has 0 radical (unpaired) electrons. The van der Waals surface area contributed by atoms with Crippen molar-refractivity contribution in [2.24, 2.45) is 0 Å². The lowest BCUT2D eigenvalue weighted by Gasteiger charge is -2.25. The molecule has 2 nitrogen and oxygen atoms in total. The molecule has 0 bridgehead atoms. The maximum Gasteiger partial charge on any atom is 0.418 e. The predicted octanol–water partition coefficient (Wildman–Crippen LogP) is 4.36. The second-order valence-electron chi connectivity index (χ2n) is 4.62. The maximum atomic E-state index is 13.1. The quantitative estimate of drug-likeness (QED) is 0.828. The zero-order valence-electron chi connectivity index (χ0n) is 11.2. The minimum absolute atomic E-state index is 0.0843. The highest BCUT2D eigenvalue weighted by molar-refractivity contribution is 5.70. The molecule has 2 aromatic carbocycles. The van der Waals surface area contributed by atoms with Gasteiger partial charge in [-0.15, -0.1) is 0 Å². The van der Waals surface area contributed by atoms with Crippen LogP contribution in [0.4, 0.5) is 30.2 Å². The molecule has 106 valence electrons. The minimum atomic E-state index is -4.44. The van der Waals surface area contributed by atoms with E-state index in [4.69, 9.17) is 5.73 Å². The van der Waals surface area contributed by atoms with Crippen molar-refractivity contribution in [2.45, 2.75) is 13.1 Å². The van der Waals surface area contributed by atoms with Gasteiger partial charge in [0.05, 0.1) is 11.3 Å². The molecular formula is C15H15F3N2. The number of rotatable bonds is 2. The number of aryl methyl sites for hydroxylation is 1. The summed E-state index contributed by atoms with van der Waals surface area (Å²) in [5.74, 6) is 0. The lowest BCUT2D eigenvalue weighted by Crippen LogP contribution is -2.17. The molecular weight excluding hydrogens is 265 g/mol. The lowest BCUT2D eigenvalue weighted by atomic mass is 10.1. The molecule has 0 amide bonds. The number of nitrogens with two attached hydrogens (primary N) is 1. The Labute approximate surface area is 115 Å². The van der Waals surface area contributed by atoms with E-state index in [2.05, 4.69) is 0 Å². The summed E-state index contributed by atoms with van der Waals surface area (Å²) in [5, 5.41) is 0. The fraction of sp³-hybridized carbons (Fsp3) is 0.200. The molecule has 0 spiro atoms. The van der Waals surface area contributed by atoms with E-state index in [1.54, 1.807) is 19.2 Å². The van der Waals surface area contributed by atoms with E-state index in [0.717, 1.165) is 17.3 Å². The Morgan fingerprint density at radius 3 is 2.25 bits per heavy atom. The molecule has 0 atom stereocenters. The van der Waals surface area contributed by atoms with Crippen molar-refractivity contribution in [1.82, 2.24) is 0 Å². The van der Waals surface area contributed by atoms with Crippen molar-refractivity contribution in [3.63, 3.8) is 0 Å². The Balaban J connectivity index is 2.56. The molecule has 0 aliphatic heterocycles. The number of hydrogen-bond donors (Lipinski definition) is 1. The van der Waals surface area contributed by atoms with Crippen LogP contribution >= 0.6 is 0 Å². The van der Waals surface area contributed by atoms with Crippen molar-refractivity contribution >= 4 is 17.1 Å². The number of benzene rings is 2. The Morgan fingerprint density at radius 1 is 1.00 bits per heavy atom. The summed E-state index contributed by atoms with van der Waals surface area (Å²) < 4.78 is 39.4. The van der Waals surface area contributed by atoms with Crippen LogP contribution in [0.25, 0.3) is 0 Å². The van der Waals surface area contributed by atoms with Crippen molar-refractivity contribution in [3.8, 4) is 0 Å². The van der Waals surface area contributed by atoms with E-state index < -0.39 is 11.7 Å². The standard InChI is InChI=1S/C15H15F3N2/c1-10-5-3-4-6-13(10)20(2)14-8-7-11(19)9-12(14)15(16,17)18/h3-9H,19H2,1-2H3. The molecule has 2 aromatic rings. The summed E-state index contributed by atoms with van der Waals surface area (Å²) >= 11 is 0. The van der Waals surface area contributed by atoms with Crippen LogP contribution in [0.1, 0.15) is 11.1 Å². The van der Waals surface area contributed by atoms with Gasteiger partial charge in [0.25, 0.3) is 0 Å². The van der Waals surface area contributed by atoms with Crippen LogP contribution in [0.2, 0.25) is 0 Å². The van der Waals surface area contributed by atoms with Crippen LogP contribution < -0.4 is 10.6 Å². The summed E-state index contributed by atoms with van der Waals surface area (Å²) in [6.07, 6.45) is -4.44. The molecule has 0 saturated heterocycles. The molecule has 2 rings (SSSR count). The number of halogens is 3. The van der Waals surface area contributed by atoms with Gasteiger partial charge in [0.2, 0.25) is 0 Å². The van der Waals surface area contributed by atoms with E-state index >= 15 is 0 Å². The molecule has 0 fully saturated rings. The van der Waals surface area contributed by atoms with Gasteiger partial charge in [0, 0.05) is 18.4 Å². The van der Waals surface area contributed by atoms with Crippen LogP contribution in [0.15, 0.2) is 42.5 Å². The van der Waals surface area contributed by atoms with Gasteiger partial charge in [0.1, 0.15) is 0 Å². The molecule has 0 aliphatic rings. The molecule has 0 unspecified atom stereocenters. The van der Waals surface area contributed by atoms with Crippen molar-refractivity contribution in [3.05, 3.63) is 53.6 Å². The second kappa shape index (κ2) is 5.07. The molecule has 2 N–H and O–H groups in total. The first-order valence-electron chi connectivity index (χ1n) is 6.07. The van der Waals surface area contributed by atoms with Gasteiger partial charge in [-0.1, -0.05) is 18.2 Å². The van der Waals surface area contributed by atoms with E-state index in [0.29, 0.717) is 0 Å². The van der Waals surface area contributed by atoms with Gasteiger partial charge >= 0.3 is 6.18 Å². The highest BCUT2D eigenvalue weighted by Crippen LogP contribution is 2.40. The lowest BCUT2D eigenvalue weighted by molar-refractivity contribution is -0.137. The molecule has 5 heteroatoms. The third-order valence-corrected chi connectivity index (χ3v) is 3.16.